The lowest BCUT2D eigenvalue weighted by molar-refractivity contribution is -0.210. The molecule has 4 rings (SSSR count). The highest BCUT2D eigenvalue weighted by Gasteiger charge is 2.70. The van der Waals surface area contributed by atoms with E-state index in [0.29, 0.717) is 18.8 Å². The Labute approximate surface area is 143 Å². The van der Waals surface area contributed by atoms with Crippen molar-refractivity contribution in [2.75, 3.05) is 0 Å². The van der Waals surface area contributed by atoms with Gasteiger partial charge in [0.15, 0.2) is 5.78 Å². The number of aliphatic carboxylic acids is 1. The van der Waals surface area contributed by atoms with Gasteiger partial charge in [0.1, 0.15) is 0 Å². The van der Waals surface area contributed by atoms with Gasteiger partial charge in [0.2, 0.25) is 0 Å². The zero-order chi connectivity index (χ0) is 17.5. The predicted molar refractivity (Wildman–Crippen MR) is 89.2 cm³/mol. The van der Waals surface area contributed by atoms with Crippen LogP contribution in [0.4, 0.5) is 0 Å². The number of rotatable bonds is 1. The average Bonchev–Trinajstić information content (AvgIpc) is 2.72. The van der Waals surface area contributed by atoms with Crippen molar-refractivity contribution in [3.8, 4) is 0 Å². The molecule has 0 aromatic carbocycles. The summed E-state index contributed by atoms with van der Waals surface area (Å²) in [4.78, 5) is 25.1. The minimum atomic E-state index is -0.800. The van der Waals surface area contributed by atoms with E-state index in [1.807, 2.05) is 6.92 Å². The fraction of sp³-hybridized carbons (Fsp3) is 0.800. The quantitative estimate of drug-likeness (QED) is 0.723. The van der Waals surface area contributed by atoms with E-state index >= 15 is 0 Å². The normalized spacial score (nSPS) is 53.5. The fourth-order valence-electron chi connectivity index (χ4n) is 7.28. The number of carboxylic acid groups (broad SMARTS) is 1. The summed E-state index contributed by atoms with van der Waals surface area (Å²) in [6.07, 6.45) is 4.74. The summed E-state index contributed by atoms with van der Waals surface area (Å²) >= 11 is 0. The molecule has 0 amide bonds. The molecule has 0 unspecified atom stereocenters. The summed E-state index contributed by atoms with van der Waals surface area (Å²) in [6.45, 7) is 7.98. The number of carbonyl (C=O) groups is 2. The van der Waals surface area contributed by atoms with Gasteiger partial charge in [-0.15, -0.1) is 0 Å². The van der Waals surface area contributed by atoms with Crippen LogP contribution in [0.5, 0.6) is 0 Å². The summed E-state index contributed by atoms with van der Waals surface area (Å²) in [5.41, 5.74) is -0.894. The monoisotopic (exact) mass is 332 g/mol. The van der Waals surface area contributed by atoms with Gasteiger partial charge in [-0.2, -0.15) is 0 Å². The first-order valence-electron chi connectivity index (χ1n) is 9.33. The van der Waals surface area contributed by atoms with E-state index in [-0.39, 0.29) is 23.0 Å². The van der Waals surface area contributed by atoms with E-state index in [4.69, 9.17) is 0 Å². The van der Waals surface area contributed by atoms with Gasteiger partial charge in [0.25, 0.3) is 0 Å². The third-order valence-electron chi connectivity index (χ3n) is 8.61. The molecule has 132 valence electrons. The molecule has 1 spiro atoms. The molecule has 4 aliphatic carbocycles. The molecule has 0 radical (unpaired) electrons. The first-order chi connectivity index (χ1) is 11.2. The van der Waals surface area contributed by atoms with E-state index < -0.39 is 22.9 Å². The van der Waals surface area contributed by atoms with E-state index in [0.717, 1.165) is 37.7 Å². The van der Waals surface area contributed by atoms with Crippen molar-refractivity contribution in [2.24, 2.45) is 34.0 Å². The Kier molecular flexibility index (Phi) is 3.21. The lowest BCUT2D eigenvalue weighted by Crippen LogP contribution is -2.64. The fourth-order valence-corrected chi connectivity index (χ4v) is 7.28. The van der Waals surface area contributed by atoms with Crippen molar-refractivity contribution in [2.45, 2.75) is 64.9 Å². The number of Topliss-reactive ketones (excluding diaryl/α,β-unsaturated/α-hetero) is 1. The zero-order valence-corrected chi connectivity index (χ0v) is 14.7. The van der Waals surface area contributed by atoms with Gasteiger partial charge in [-0.05, 0) is 75.2 Å². The second kappa shape index (κ2) is 4.72. The molecule has 0 heterocycles. The molecular weight excluding hydrogens is 304 g/mol. The Balaban J connectivity index is 1.83. The van der Waals surface area contributed by atoms with E-state index in [1.165, 1.54) is 0 Å². The number of hydrogen-bond acceptors (Lipinski definition) is 3. The van der Waals surface area contributed by atoms with Crippen LogP contribution in [0.2, 0.25) is 0 Å². The molecule has 4 fully saturated rings. The standard InChI is InChI=1S/C20H28O4/c1-11-12-4-5-14-19(3)13(6-9-20(14,10-12)16(11)22)18(2,17(23)24)8-7-15(19)21/h12-15,21H,1,4-10H2,2-3H3,(H,23,24)/t12-,13-,14+,15+,18-,19-,20-/m1/s1. The van der Waals surface area contributed by atoms with Crippen molar-refractivity contribution in [1.82, 2.24) is 0 Å². The maximum Gasteiger partial charge on any atom is 0.309 e. The number of aliphatic hydroxyl groups excluding tert-OH is 1. The largest absolute Gasteiger partial charge is 0.481 e. The lowest BCUT2D eigenvalue weighted by atomic mass is 9.40. The van der Waals surface area contributed by atoms with Crippen LogP contribution in [-0.2, 0) is 9.59 Å². The zero-order valence-electron chi connectivity index (χ0n) is 14.7. The second-order valence-electron chi connectivity index (χ2n) is 9.28. The Bertz CT molecular complexity index is 640. The Morgan fingerprint density at radius 1 is 1.12 bits per heavy atom. The Morgan fingerprint density at radius 2 is 1.83 bits per heavy atom. The third-order valence-corrected chi connectivity index (χ3v) is 8.61. The van der Waals surface area contributed by atoms with Crippen molar-refractivity contribution >= 4 is 11.8 Å². The highest BCUT2D eigenvalue weighted by molar-refractivity contribution is 6.03. The van der Waals surface area contributed by atoms with Crippen LogP contribution in [0.15, 0.2) is 12.2 Å². The minimum absolute atomic E-state index is 0.0694. The first kappa shape index (κ1) is 16.3. The SMILES string of the molecule is C=C1C(=O)[C@@]23CC[C@H]4[C@](C)([C@@H]2CC[C@@H]1C3)[C@@H](O)CC[C@@]4(C)C(=O)O. The second-order valence-corrected chi connectivity index (χ2v) is 9.28. The number of ketones is 1. The van der Waals surface area contributed by atoms with Gasteiger partial charge in [0, 0.05) is 10.8 Å². The van der Waals surface area contributed by atoms with Crippen molar-refractivity contribution < 1.29 is 19.8 Å². The van der Waals surface area contributed by atoms with E-state index in [2.05, 4.69) is 13.5 Å². The van der Waals surface area contributed by atoms with Gasteiger partial charge in [-0.1, -0.05) is 13.5 Å². The topological polar surface area (TPSA) is 74.6 Å². The van der Waals surface area contributed by atoms with Gasteiger partial charge in [0.05, 0.1) is 11.5 Å². The number of fused-ring (bicyclic) bond motifs is 3. The summed E-state index contributed by atoms with van der Waals surface area (Å²) in [5, 5.41) is 20.9. The molecule has 4 nitrogen and oxygen atoms in total. The maximum absolute atomic E-state index is 13.1. The molecule has 4 saturated carbocycles. The van der Waals surface area contributed by atoms with Crippen LogP contribution in [0, 0.1) is 34.0 Å². The van der Waals surface area contributed by atoms with E-state index in [9.17, 15) is 19.8 Å². The predicted octanol–water partition coefficient (Wildman–Crippen LogP) is 3.19. The Hall–Kier alpha value is -1.16. The van der Waals surface area contributed by atoms with E-state index in [1.54, 1.807) is 0 Å². The molecule has 7 atom stereocenters. The van der Waals surface area contributed by atoms with Crippen LogP contribution >= 0.6 is 0 Å². The maximum atomic E-state index is 13.1. The third kappa shape index (κ3) is 1.63. The summed E-state index contributed by atoms with van der Waals surface area (Å²) < 4.78 is 0. The van der Waals surface area contributed by atoms with Gasteiger partial charge >= 0.3 is 5.97 Å². The van der Waals surface area contributed by atoms with Crippen LogP contribution in [0.3, 0.4) is 0 Å². The molecule has 4 heteroatoms. The highest BCUT2D eigenvalue weighted by atomic mass is 16.4. The molecule has 4 aliphatic rings. The number of allylic oxidation sites excluding steroid dienone is 1. The molecule has 0 aromatic heterocycles. The molecule has 2 bridgehead atoms. The van der Waals surface area contributed by atoms with Crippen molar-refractivity contribution in [1.29, 1.82) is 0 Å². The Morgan fingerprint density at radius 3 is 2.50 bits per heavy atom. The molecule has 0 saturated heterocycles. The van der Waals surface area contributed by atoms with Crippen LogP contribution in [0.1, 0.15) is 58.8 Å². The van der Waals surface area contributed by atoms with Crippen molar-refractivity contribution in [3.63, 3.8) is 0 Å². The summed E-state index contributed by atoms with van der Waals surface area (Å²) in [7, 11) is 0. The van der Waals surface area contributed by atoms with Gasteiger partial charge in [-0.3, -0.25) is 9.59 Å². The van der Waals surface area contributed by atoms with Crippen LogP contribution < -0.4 is 0 Å². The summed E-state index contributed by atoms with van der Waals surface area (Å²) in [6, 6.07) is 0. The van der Waals surface area contributed by atoms with Gasteiger partial charge < -0.3 is 10.2 Å². The number of carboxylic acids is 1. The molecule has 0 aromatic rings. The molecule has 0 aliphatic heterocycles. The van der Waals surface area contributed by atoms with Crippen LogP contribution in [-0.4, -0.2) is 28.1 Å². The van der Waals surface area contributed by atoms with Crippen LogP contribution in [0.25, 0.3) is 0 Å². The number of hydrogen-bond donors (Lipinski definition) is 2. The smallest absolute Gasteiger partial charge is 0.309 e. The lowest BCUT2D eigenvalue weighted by Gasteiger charge is -2.64. The first-order valence-corrected chi connectivity index (χ1v) is 9.33. The van der Waals surface area contributed by atoms with Crippen molar-refractivity contribution in [3.05, 3.63) is 12.2 Å². The number of carbonyl (C=O) groups excluding carboxylic acids is 1. The highest BCUT2D eigenvalue weighted by Crippen LogP contribution is 2.71. The molecule has 24 heavy (non-hydrogen) atoms. The summed E-state index contributed by atoms with van der Waals surface area (Å²) in [5.74, 6) is -0.219. The average molecular weight is 332 g/mol. The molecule has 2 N–H and O–H groups in total. The van der Waals surface area contributed by atoms with Gasteiger partial charge in [-0.25, -0.2) is 0 Å². The minimum Gasteiger partial charge on any atom is -0.481 e. The number of aliphatic hydroxyl groups is 1. The molecular formula is C20H28O4.